The number of hydrogen-bond donors (Lipinski definition) is 2. The summed E-state index contributed by atoms with van der Waals surface area (Å²) in [6.07, 6.45) is 1.03. The highest BCUT2D eigenvalue weighted by molar-refractivity contribution is 7.00. The molecule has 2 heterocycles. The van der Waals surface area contributed by atoms with Crippen molar-refractivity contribution in [2.24, 2.45) is 0 Å². The molecule has 3 aromatic rings. The molecule has 21 heavy (non-hydrogen) atoms. The number of nitrogen functional groups attached to an aromatic ring is 1. The first-order valence-corrected chi connectivity index (χ1v) is 6.62. The number of anilines is 3. The zero-order chi connectivity index (χ0) is 15.0. The third-order valence-corrected chi connectivity index (χ3v) is 3.46. The maximum atomic E-state index is 11.0. The Balaban J connectivity index is 2.14. The molecule has 0 amide bonds. The van der Waals surface area contributed by atoms with Crippen molar-refractivity contribution in [3.05, 3.63) is 33.5 Å². The smallest absolute Gasteiger partial charge is 0.329 e. The van der Waals surface area contributed by atoms with Crippen molar-refractivity contribution in [2.75, 3.05) is 11.1 Å². The van der Waals surface area contributed by atoms with Crippen molar-refractivity contribution in [3.8, 4) is 0 Å². The molecular formula is C10H6ClN7O2S. The van der Waals surface area contributed by atoms with Crippen LogP contribution >= 0.6 is 23.3 Å². The van der Waals surface area contributed by atoms with Crippen LogP contribution in [-0.2, 0) is 0 Å². The fraction of sp³-hybridized carbons (Fsp3) is 0. The highest BCUT2D eigenvalue weighted by Gasteiger charge is 2.19. The maximum Gasteiger partial charge on any atom is 0.329 e. The van der Waals surface area contributed by atoms with Crippen LogP contribution in [0.2, 0.25) is 5.02 Å². The maximum absolute atomic E-state index is 11.0. The molecular weight excluding hydrogens is 318 g/mol. The van der Waals surface area contributed by atoms with Gasteiger partial charge in [0, 0.05) is 0 Å². The van der Waals surface area contributed by atoms with Gasteiger partial charge < -0.3 is 11.1 Å². The predicted molar refractivity (Wildman–Crippen MR) is 78.8 cm³/mol. The largest absolute Gasteiger partial charge is 0.368 e. The molecule has 0 fully saturated rings. The Bertz CT molecular complexity index is 853. The molecule has 0 saturated carbocycles. The molecule has 0 atom stereocenters. The SMILES string of the molecule is Nc1ncc([N+](=O)[O-])c(Nc2c(Cl)ccc3nsnc23)n1. The Morgan fingerprint density at radius 2 is 2.19 bits per heavy atom. The Hall–Kier alpha value is -2.59. The fourth-order valence-electron chi connectivity index (χ4n) is 1.68. The molecule has 0 saturated heterocycles. The van der Waals surface area contributed by atoms with Gasteiger partial charge in [-0.1, -0.05) is 11.6 Å². The second-order valence-electron chi connectivity index (χ2n) is 3.90. The highest BCUT2D eigenvalue weighted by Crippen LogP contribution is 2.34. The first-order valence-electron chi connectivity index (χ1n) is 5.51. The van der Waals surface area contributed by atoms with E-state index in [1.165, 1.54) is 0 Å². The lowest BCUT2D eigenvalue weighted by molar-refractivity contribution is -0.384. The van der Waals surface area contributed by atoms with Crippen LogP contribution in [-0.4, -0.2) is 23.6 Å². The third-order valence-electron chi connectivity index (χ3n) is 2.61. The summed E-state index contributed by atoms with van der Waals surface area (Å²) in [6.45, 7) is 0. The van der Waals surface area contributed by atoms with Gasteiger partial charge in [0.15, 0.2) is 0 Å². The molecule has 3 rings (SSSR count). The number of benzene rings is 1. The van der Waals surface area contributed by atoms with E-state index in [-0.39, 0.29) is 17.5 Å². The molecule has 2 aromatic heterocycles. The van der Waals surface area contributed by atoms with E-state index >= 15 is 0 Å². The number of halogens is 1. The Morgan fingerprint density at radius 1 is 1.38 bits per heavy atom. The van der Waals surface area contributed by atoms with Crippen LogP contribution in [0.25, 0.3) is 11.0 Å². The predicted octanol–water partition coefficient (Wildman–Crippen LogP) is 2.37. The number of aromatic nitrogens is 4. The summed E-state index contributed by atoms with van der Waals surface area (Å²) in [6, 6.07) is 3.32. The molecule has 0 radical (unpaired) electrons. The Labute approximate surface area is 126 Å². The van der Waals surface area contributed by atoms with E-state index in [4.69, 9.17) is 17.3 Å². The zero-order valence-electron chi connectivity index (χ0n) is 10.1. The van der Waals surface area contributed by atoms with Gasteiger partial charge in [0.2, 0.25) is 11.8 Å². The second kappa shape index (κ2) is 5.07. The second-order valence-corrected chi connectivity index (χ2v) is 4.83. The van der Waals surface area contributed by atoms with Gasteiger partial charge in [-0.3, -0.25) is 10.1 Å². The molecule has 11 heteroatoms. The van der Waals surface area contributed by atoms with Gasteiger partial charge in [-0.2, -0.15) is 13.7 Å². The molecule has 3 N–H and O–H groups in total. The topological polar surface area (TPSA) is 133 Å². The molecule has 0 spiro atoms. The van der Waals surface area contributed by atoms with Crippen molar-refractivity contribution in [3.63, 3.8) is 0 Å². The molecule has 106 valence electrons. The average molecular weight is 324 g/mol. The van der Waals surface area contributed by atoms with E-state index < -0.39 is 4.92 Å². The average Bonchev–Trinajstić information content (AvgIpc) is 2.90. The quantitative estimate of drug-likeness (QED) is 0.554. The molecule has 9 nitrogen and oxygen atoms in total. The molecule has 1 aromatic carbocycles. The molecule has 0 bridgehead atoms. The van der Waals surface area contributed by atoms with Crippen LogP contribution in [0, 0.1) is 10.1 Å². The van der Waals surface area contributed by atoms with Crippen LogP contribution in [0.4, 0.5) is 23.1 Å². The van der Waals surface area contributed by atoms with Crippen LogP contribution in [0.1, 0.15) is 0 Å². The van der Waals surface area contributed by atoms with Gasteiger partial charge in [0.25, 0.3) is 0 Å². The van der Waals surface area contributed by atoms with Crippen molar-refractivity contribution < 1.29 is 4.92 Å². The van der Waals surface area contributed by atoms with Crippen LogP contribution < -0.4 is 11.1 Å². The Morgan fingerprint density at radius 3 is 2.95 bits per heavy atom. The van der Waals surface area contributed by atoms with Crippen molar-refractivity contribution in [1.82, 2.24) is 18.7 Å². The zero-order valence-corrected chi connectivity index (χ0v) is 11.7. The monoisotopic (exact) mass is 323 g/mol. The van der Waals surface area contributed by atoms with Gasteiger partial charge in [0.1, 0.15) is 17.2 Å². The van der Waals surface area contributed by atoms with Crippen LogP contribution in [0.5, 0.6) is 0 Å². The van der Waals surface area contributed by atoms with Crippen LogP contribution in [0.15, 0.2) is 18.3 Å². The van der Waals surface area contributed by atoms with Gasteiger partial charge >= 0.3 is 5.69 Å². The summed E-state index contributed by atoms with van der Waals surface area (Å²) in [5, 5.41) is 14.1. The summed E-state index contributed by atoms with van der Waals surface area (Å²) in [5.41, 5.74) is 6.65. The molecule has 0 aliphatic rings. The number of nitro groups is 1. The van der Waals surface area contributed by atoms with Gasteiger partial charge in [-0.25, -0.2) is 4.98 Å². The molecule has 0 aliphatic heterocycles. The van der Waals surface area contributed by atoms with Gasteiger partial charge in [0.05, 0.1) is 27.4 Å². The summed E-state index contributed by atoms with van der Waals surface area (Å²) in [5.74, 6) is -0.155. The minimum Gasteiger partial charge on any atom is -0.368 e. The van der Waals surface area contributed by atoms with E-state index in [0.29, 0.717) is 21.7 Å². The van der Waals surface area contributed by atoms with Crippen molar-refractivity contribution in [1.29, 1.82) is 0 Å². The standard InChI is InChI=1S/C10H6ClN7O2S/c11-4-1-2-5-8(17-21-16-5)7(4)14-9-6(18(19)20)3-13-10(12)15-9/h1-3H,(H3,12,13,14,15). The minimum atomic E-state index is -0.616. The molecule has 0 unspecified atom stereocenters. The lowest BCUT2D eigenvalue weighted by atomic mass is 10.2. The van der Waals surface area contributed by atoms with E-state index in [1.807, 2.05) is 0 Å². The summed E-state index contributed by atoms with van der Waals surface area (Å²) < 4.78 is 8.19. The van der Waals surface area contributed by atoms with E-state index in [1.54, 1.807) is 12.1 Å². The number of fused-ring (bicyclic) bond motifs is 1. The minimum absolute atomic E-state index is 0.0603. The molecule has 0 aliphatic carbocycles. The Kier molecular flexibility index (Phi) is 3.23. The number of nitrogens with two attached hydrogens (primary N) is 1. The first kappa shape index (κ1) is 13.4. The van der Waals surface area contributed by atoms with Crippen LogP contribution in [0.3, 0.4) is 0 Å². The third kappa shape index (κ3) is 2.41. The van der Waals surface area contributed by atoms with E-state index in [9.17, 15) is 10.1 Å². The number of hydrogen-bond acceptors (Lipinski definition) is 9. The lowest BCUT2D eigenvalue weighted by Gasteiger charge is -2.08. The van der Waals surface area contributed by atoms with Crippen molar-refractivity contribution >= 4 is 57.5 Å². The number of nitrogens with one attached hydrogen (secondary N) is 1. The normalized spacial score (nSPS) is 10.7. The highest BCUT2D eigenvalue weighted by atomic mass is 35.5. The van der Waals surface area contributed by atoms with E-state index in [2.05, 4.69) is 24.0 Å². The van der Waals surface area contributed by atoms with Gasteiger partial charge in [-0.15, -0.1) is 0 Å². The van der Waals surface area contributed by atoms with Gasteiger partial charge in [-0.05, 0) is 12.1 Å². The van der Waals surface area contributed by atoms with Crippen molar-refractivity contribution in [2.45, 2.75) is 0 Å². The summed E-state index contributed by atoms with van der Waals surface area (Å²) >= 11 is 7.12. The van der Waals surface area contributed by atoms with E-state index in [0.717, 1.165) is 17.9 Å². The summed E-state index contributed by atoms with van der Waals surface area (Å²) in [4.78, 5) is 17.8. The fourth-order valence-corrected chi connectivity index (χ4v) is 2.42. The number of rotatable bonds is 3. The first-order chi connectivity index (χ1) is 10.1. The lowest BCUT2D eigenvalue weighted by Crippen LogP contribution is -2.04. The summed E-state index contributed by atoms with van der Waals surface area (Å²) in [7, 11) is 0. The number of nitrogens with zero attached hydrogens (tertiary/aromatic N) is 5.